The van der Waals surface area contributed by atoms with Crippen LogP contribution in [-0.2, 0) is 13.0 Å². The van der Waals surface area contributed by atoms with Crippen LogP contribution in [0.2, 0.25) is 0 Å². The fourth-order valence-corrected chi connectivity index (χ4v) is 2.81. The molecule has 2 aromatic rings. The summed E-state index contributed by atoms with van der Waals surface area (Å²) >= 11 is 0. The maximum absolute atomic E-state index is 10.0. The fourth-order valence-electron chi connectivity index (χ4n) is 2.81. The van der Waals surface area contributed by atoms with Gasteiger partial charge in [-0.25, -0.2) is 0 Å². The zero-order chi connectivity index (χ0) is 14.2. The Bertz CT molecular complexity index is 649. The molecule has 0 aliphatic heterocycles. The number of rotatable bonds is 4. The van der Waals surface area contributed by atoms with E-state index in [-0.39, 0.29) is 6.10 Å². The summed E-state index contributed by atoms with van der Waals surface area (Å²) in [5.41, 5.74) is 2.21. The Balaban J connectivity index is 1.45. The van der Waals surface area contributed by atoms with E-state index in [4.69, 9.17) is 9.26 Å². The van der Waals surface area contributed by atoms with Crippen molar-refractivity contribution in [1.82, 2.24) is 10.1 Å². The van der Waals surface area contributed by atoms with Crippen molar-refractivity contribution < 1.29 is 14.4 Å². The number of aromatic nitrogens is 2. The number of aryl methyl sites for hydroxylation is 1. The van der Waals surface area contributed by atoms with Crippen molar-refractivity contribution in [2.75, 3.05) is 0 Å². The summed E-state index contributed by atoms with van der Waals surface area (Å²) in [6.45, 7) is 0.297. The number of hydrogen-bond acceptors (Lipinski definition) is 5. The van der Waals surface area contributed by atoms with Crippen molar-refractivity contribution in [2.24, 2.45) is 0 Å². The van der Waals surface area contributed by atoms with Crippen molar-refractivity contribution >= 4 is 0 Å². The van der Waals surface area contributed by atoms with E-state index in [0.29, 0.717) is 18.3 Å². The molecule has 2 aliphatic rings. The predicted molar refractivity (Wildman–Crippen MR) is 74.9 cm³/mol. The first-order valence-electron chi connectivity index (χ1n) is 7.56. The lowest BCUT2D eigenvalue weighted by Crippen LogP contribution is -2.09. The van der Waals surface area contributed by atoms with Crippen molar-refractivity contribution in [1.29, 1.82) is 0 Å². The maximum Gasteiger partial charge on any atom is 0.229 e. The molecule has 0 amide bonds. The van der Waals surface area contributed by atoms with Crippen LogP contribution < -0.4 is 4.74 Å². The molecule has 1 saturated carbocycles. The molecule has 1 aromatic carbocycles. The molecule has 0 bridgehead atoms. The third kappa shape index (κ3) is 2.65. The molecule has 1 heterocycles. The van der Waals surface area contributed by atoms with E-state index in [1.807, 2.05) is 18.2 Å². The first-order valence-corrected chi connectivity index (χ1v) is 7.56. The summed E-state index contributed by atoms with van der Waals surface area (Å²) < 4.78 is 10.9. The third-order valence-corrected chi connectivity index (χ3v) is 4.18. The smallest absolute Gasteiger partial charge is 0.229 e. The maximum atomic E-state index is 10.0. The van der Waals surface area contributed by atoms with Crippen LogP contribution in [0.3, 0.4) is 0 Å². The first kappa shape index (κ1) is 12.8. The Kier molecular flexibility index (Phi) is 3.15. The SMILES string of the molecule is OC1CCCc2ccc(OCc3noc(C4CC4)n3)cc21. The average Bonchev–Trinajstić information content (AvgIpc) is 3.25. The number of benzene rings is 1. The lowest BCUT2D eigenvalue weighted by atomic mass is 9.89. The summed E-state index contributed by atoms with van der Waals surface area (Å²) in [5.74, 6) is 2.52. The number of aliphatic hydroxyl groups is 1. The van der Waals surface area contributed by atoms with E-state index in [1.54, 1.807) is 0 Å². The van der Waals surface area contributed by atoms with Crippen molar-refractivity contribution in [3.8, 4) is 5.75 Å². The molecule has 0 saturated heterocycles. The van der Waals surface area contributed by atoms with Crippen LogP contribution in [0.4, 0.5) is 0 Å². The molecule has 5 heteroatoms. The normalized spacial score (nSPS) is 21.1. The summed E-state index contributed by atoms with van der Waals surface area (Å²) in [6.07, 6.45) is 4.82. The molecule has 1 unspecified atom stereocenters. The lowest BCUT2D eigenvalue weighted by Gasteiger charge is -2.21. The second-order valence-electron chi connectivity index (χ2n) is 5.88. The molecule has 0 radical (unpaired) electrons. The van der Waals surface area contributed by atoms with Gasteiger partial charge in [0, 0.05) is 5.92 Å². The Morgan fingerprint density at radius 2 is 2.19 bits per heavy atom. The molecule has 1 aromatic heterocycles. The highest BCUT2D eigenvalue weighted by Gasteiger charge is 2.29. The molecule has 110 valence electrons. The van der Waals surface area contributed by atoms with Crippen LogP contribution in [0.5, 0.6) is 5.75 Å². The van der Waals surface area contributed by atoms with Gasteiger partial charge in [-0.15, -0.1) is 0 Å². The highest BCUT2D eigenvalue weighted by Crippen LogP contribution is 2.39. The fraction of sp³-hybridized carbons (Fsp3) is 0.500. The van der Waals surface area contributed by atoms with Crippen LogP contribution in [-0.4, -0.2) is 15.2 Å². The average molecular weight is 286 g/mol. The van der Waals surface area contributed by atoms with Gasteiger partial charge in [-0.1, -0.05) is 11.2 Å². The summed E-state index contributed by atoms with van der Waals surface area (Å²) in [5, 5.41) is 14.0. The van der Waals surface area contributed by atoms with E-state index in [0.717, 1.165) is 49.3 Å². The molecule has 0 spiro atoms. The van der Waals surface area contributed by atoms with E-state index < -0.39 is 0 Å². The Morgan fingerprint density at radius 1 is 1.29 bits per heavy atom. The number of aliphatic hydroxyl groups excluding tert-OH is 1. The summed E-state index contributed by atoms with van der Waals surface area (Å²) in [4.78, 5) is 4.34. The minimum atomic E-state index is -0.371. The second kappa shape index (κ2) is 5.15. The van der Waals surface area contributed by atoms with Gasteiger partial charge in [-0.3, -0.25) is 0 Å². The van der Waals surface area contributed by atoms with Gasteiger partial charge >= 0.3 is 0 Å². The number of ether oxygens (including phenoxy) is 1. The highest BCUT2D eigenvalue weighted by atomic mass is 16.5. The monoisotopic (exact) mass is 286 g/mol. The molecule has 2 aliphatic carbocycles. The zero-order valence-electron chi connectivity index (χ0n) is 11.8. The van der Waals surface area contributed by atoms with Gasteiger partial charge in [0.2, 0.25) is 11.7 Å². The molecule has 1 N–H and O–H groups in total. The van der Waals surface area contributed by atoms with Gasteiger partial charge in [0.15, 0.2) is 6.61 Å². The van der Waals surface area contributed by atoms with Crippen LogP contribution in [0.1, 0.15) is 60.5 Å². The molecule has 5 nitrogen and oxygen atoms in total. The first-order chi connectivity index (χ1) is 10.3. The van der Waals surface area contributed by atoms with Gasteiger partial charge in [-0.2, -0.15) is 4.98 Å². The van der Waals surface area contributed by atoms with Crippen molar-refractivity contribution in [2.45, 2.75) is 50.7 Å². The highest BCUT2D eigenvalue weighted by molar-refractivity contribution is 5.38. The van der Waals surface area contributed by atoms with Crippen molar-refractivity contribution in [3.05, 3.63) is 41.0 Å². The van der Waals surface area contributed by atoms with Crippen LogP contribution in [0.15, 0.2) is 22.7 Å². The van der Waals surface area contributed by atoms with Gasteiger partial charge in [-0.05, 0) is 55.4 Å². The number of hydrogen-bond donors (Lipinski definition) is 1. The summed E-state index contributed by atoms with van der Waals surface area (Å²) in [6, 6.07) is 5.92. The van der Waals surface area contributed by atoms with E-state index >= 15 is 0 Å². The largest absolute Gasteiger partial charge is 0.485 e. The minimum Gasteiger partial charge on any atom is -0.485 e. The Labute approximate surface area is 122 Å². The topological polar surface area (TPSA) is 68.4 Å². The van der Waals surface area contributed by atoms with E-state index in [9.17, 15) is 5.11 Å². The Hall–Kier alpha value is -1.88. The quantitative estimate of drug-likeness (QED) is 0.936. The predicted octanol–water partition coefficient (Wildman–Crippen LogP) is 2.90. The van der Waals surface area contributed by atoms with E-state index in [1.165, 1.54) is 5.56 Å². The van der Waals surface area contributed by atoms with Gasteiger partial charge in [0.1, 0.15) is 5.75 Å². The molecular formula is C16H18N2O3. The van der Waals surface area contributed by atoms with Crippen LogP contribution in [0, 0.1) is 0 Å². The lowest BCUT2D eigenvalue weighted by molar-refractivity contribution is 0.156. The van der Waals surface area contributed by atoms with Gasteiger partial charge in [0.25, 0.3) is 0 Å². The molecule has 21 heavy (non-hydrogen) atoms. The van der Waals surface area contributed by atoms with E-state index in [2.05, 4.69) is 10.1 Å². The minimum absolute atomic E-state index is 0.297. The summed E-state index contributed by atoms with van der Waals surface area (Å²) in [7, 11) is 0. The third-order valence-electron chi connectivity index (χ3n) is 4.18. The molecular weight excluding hydrogens is 268 g/mol. The number of fused-ring (bicyclic) bond motifs is 1. The number of nitrogens with zero attached hydrogens (tertiary/aromatic N) is 2. The van der Waals surface area contributed by atoms with Crippen LogP contribution >= 0.6 is 0 Å². The van der Waals surface area contributed by atoms with Gasteiger partial charge < -0.3 is 14.4 Å². The Morgan fingerprint density at radius 3 is 3.05 bits per heavy atom. The standard InChI is InChI=1S/C16H18N2O3/c19-14-3-1-2-10-6-7-12(8-13(10)14)20-9-15-17-16(21-18-15)11-4-5-11/h6-8,11,14,19H,1-5,9H2. The zero-order valence-corrected chi connectivity index (χ0v) is 11.8. The van der Waals surface area contributed by atoms with Gasteiger partial charge in [0.05, 0.1) is 6.10 Å². The molecule has 1 atom stereocenters. The van der Waals surface area contributed by atoms with Crippen molar-refractivity contribution in [3.63, 3.8) is 0 Å². The molecule has 1 fully saturated rings. The molecule has 4 rings (SSSR count). The van der Waals surface area contributed by atoms with Crippen LogP contribution in [0.25, 0.3) is 0 Å². The second-order valence-corrected chi connectivity index (χ2v) is 5.88.